The molecule has 450 valence electrons. The van der Waals surface area contributed by atoms with Gasteiger partial charge in [0.15, 0.2) is 6.29 Å². The highest BCUT2D eigenvalue weighted by Crippen LogP contribution is 2.23. The van der Waals surface area contributed by atoms with Crippen molar-refractivity contribution in [2.75, 3.05) is 13.2 Å². The molecule has 7 unspecified atom stereocenters. The van der Waals surface area contributed by atoms with Crippen LogP contribution in [0.3, 0.4) is 0 Å². The van der Waals surface area contributed by atoms with Crippen molar-refractivity contribution in [3.63, 3.8) is 0 Å². The van der Waals surface area contributed by atoms with Gasteiger partial charge >= 0.3 is 0 Å². The van der Waals surface area contributed by atoms with E-state index in [4.69, 9.17) is 9.47 Å². The molecule has 0 bridgehead atoms. The summed E-state index contributed by atoms with van der Waals surface area (Å²) in [5.74, 6) is -0.170. The van der Waals surface area contributed by atoms with Gasteiger partial charge in [-0.3, -0.25) is 4.79 Å². The van der Waals surface area contributed by atoms with E-state index >= 15 is 0 Å². The van der Waals surface area contributed by atoms with Crippen LogP contribution in [0.5, 0.6) is 0 Å². The molecule has 0 radical (unpaired) electrons. The van der Waals surface area contributed by atoms with E-state index < -0.39 is 49.5 Å². The van der Waals surface area contributed by atoms with Gasteiger partial charge in [0.1, 0.15) is 24.4 Å². The third-order valence-corrected chi connectivity index (χ3v) is 16.3. The first-order valence-corrected chi connectivity index (χ1v) is 33.6. The zero-order valence-electron chi connectivity index (χ0n) is 50.3. The smallest absolute Gasteiger partial charge is 0.220 e. The van der Waals surface area contributed by atoms with Gasteiger partial charge in [-0.1, -0.05) is 314 Å². The van der Waals surface area contributed by atoms with Crippen LogP contribution in [-0.4, -0.2) is 87.5 Å². The summed E-state index contributed by atoms with van der Waals surface area (Å²) in [7, 11) is 0. The molecule has 1 heterocycles. The van der Waals surface area contributed by atoms with Crippen LogP contribution in [0.1, 0.15) is 341 Å². The summed E-state index contributed by atoms with van der Waals surface area (Å²) in [6, 6.07) is -0.804. The van der Waals surface area contributed by atoms with Gasteiger partial charge in [-0.2, -0.15) is 0 Å². The number of nitrogens with one attached hydrogen (secondary N) is 1. The molecule has 1 saturated heterocycles. The molecule has 1 amide bonds. The minimum absolute atomic E-state index is 0.170. The first kappa shape index (κ1) is 72.7. The molecule has 0 saturated carbocycles. The summed E-state index contributed by atoms with van der Waals surface area (Å²) in [6.45, 7) is 3.83. The molecule has 0 aromatic heterocycles. The first-order chi connectivity index (χ1) is 37.3. The van der Waals surface area contributed by atoms with Gasteiger partial charge in [0.25, 0.3) is 0 Å². The summed E-state index contributed by atoms with van der Waals surface area (Å²) in [6.07, 6.45) is 67.0. The molecule has 0 aromatic carbocycles. The number of amides is 1. The number of aliphatic hydroxyl groups is 5. The Labute approximate surface area is 470 Å². The lowest BCUT2D eigenvalue weighted by Crippen LogP contribution is -2.60. The number of hydrogen-bond acceptors (Lipinski definition) is 8. The fourth-order valence-electron chi connectivity index (χ4n) is 11.0. The molecule has 9 heteroatoms. The van der Waals surface area contributed by atoms with E-state index in [1.807, 2.05) is 6.08 Å². The molecule has 76 heavy (non-hydrogen) atoms. The van der Waals surface area contributed by atoms with Crippen LogP contribution >= 0.6 is 0 Å². The Balaban J connectivity index is 2.15. The number of ether oxygens (including phenoxy) is 2. The second-order valence-corrected chi connectivity index (χ2v) is 23.6. The highest BCUT2D eigenvalue weighted by molar-refractivity contribution is 5.76. The molecule has 0 spiro atoms. The standard InChI is InChI=1S/C67H129NO8/c1-3-5-7-9-11-13-15-17-19-21-23-25-27-29-30-31-32-33-35-37-39-41-43-45-47-49-51-53-55-57-63(71)68-60(59-75-67-66(74)65(73)64(72)62(58-69)76-67)61(70)56-54-52-50-48-46-44-42-40-38-36-34-28-26-24-22-20-18-16-14-12-10-8-6-4-2/h29-30,54,56,60-62,64-67,69-70,72-74H,3-28,31-53,55,57-59H2,1-2H3,(H,68,71)/b30-29-,56-54+. The second kappa shape index (κ2) is 56.9. The normalized spacial score (nSPS) is 18.9. The SMILES string of the molecule is CCCCCCCCCCCCCC/C=C\CCCCCCCCCCCCCCCC(=O)NC(COC1OC(CO)C(O)C(O)C1O)C(O)/C=C/CCCCCCCCCCCCCCCCCCCCCCCC. The molecule has 0 aromatic rings. The highest BCUT2D eigenvalue weighted by atomic mass is 16.7. The third kappa shape index (κ3) is 45.4. The monoisotopic (exact) mass is 1080 g/mol. The largest absolute Gasteiger partial charge is 0.394 e. The summed E-state index contributed by atoms with van der Waals surface area (Å²) in [5.41, 5.74) is 0. The minimum atomic E-state index is -1.57. The van der Waals surface area contributed by atoms with Crippen molar-refractivity contribution in [2.24, 2.45) is 0 Å². The van der Waals surface area contributed by atoms with Gasteiger partial charge in [-0.15, -0.1) is 0 Å². The van der Waals surface area contributed by atoms with Gasteiger partial charge in [-0.25, -0.2) is 0 Å². The number of rotatable bonds is 59. The lowest BCUT2D eigenvalue weighted by Gasteiger charge is -2.40. The maximum Gasteiger partial charge on any atom is 0.220 e. The van der Waals surface area contributed by atoms with E-state index in [0.29, 0.717) is 6.42 Å². The molecule has 6 N–H and O–H groups in total. The molecule has 9 nitrogen and oxygen atoms in total. The van der Waals surface area contributed by atoms with E-state index in [1.165, 1.54) is 283 Å². The van der Waals surface area contributed by atoms with Gasteiger partial charge in [0.05, 0.1) is 25.4 Å². The van der Waals surface area contributed by atoms with Crippen molar-refractivity contribution in [1.29, 1.82) is 0 Å². The van der Waals surface area contributed by atoms with E-state index in [9.17, 15) is 30.3 Å². The van der Waals surface area contributed by atoms with E-state index in [1.54, 1.807) is 6.08 Å². The topological polar surface area (TPSA) is 149 Å². The van der Waals surface area contributed by atoms with Gasteiger partial charge < -0.3 is 40.3 Å². The Morgan fingerprint density at radius 1 is 0.434 bits per heavy atom. The fourth-order valence-corrected chi connectivity index (χ4v) is 11.0. The summed E-state index contributed by atoms with van der Waals surface area (Å²) in [5, 5.41) is 54.7. The number of aliphatic hydroxyl groups excluding tert-OH is 5. The van der Waals surface area contributed by atoms with Crippen molar-refractivity contribution in [1.82, 2.24) is 5.32 Å². The van der Waals surface area contributed by atoms with Crippen molar-refractivity contribution in [3.8, 4) is 0 Å². The zero-order chi connectivity index (χ0) is 55.0. The summed E-state index contributed by atoms with van der Waals surface area (Å²) >= 11 is 0. The fraction of sp³-hybridized carbons (Fsp3) is 0.925. The van der Waals surface area contributed by atoms with Crippen molar-refractivity contribution >= 4 is 5.91 Å². The Kier molecular flexibility index (Phi) is 54.4. The maximum atomic E-state index is 13.1. The van der Waals surface area contributed by atoms with Crippen LogP contribution in [0.4, 0.5) is 0 Å². The number of hydrogen-bond donors (Lipinski definition) is 6. The van der Waals surface area contributed by atoms with Crippen LogP contribution in [0.25, 0.3) is 0 Å². The lowest BCUT2D eigenvalue weighted by molar-refractivity contribution is -0.302. The predicted molar refractivity (Wildman–Crippen MR) is 323 cm³/mol. The average Bonchev–Trinajstić information content (AvgIpc) is 3.42. The van der Waals surface area contributed by atoms with Gasteiger partial charge in [-0.05, 0) is 44.9 Å². The second-order valence-electron chi connectivity index (χ2n) is 23.6. The van der Waals surface area contributed by atoms with Crippen LogP contribution < -0.4 is 5.32 Å². The molecule has 1 fully saturated rings. The molecular formula is C67H129NO8. The Morgan fingerprint density at radius 3 is 1.07 bits per heavy atom. The molecular weight excluding hydrogens is 947 g/mol. The number of carbonyl (C=O) groups excluding carboxylic acids is 1. The van der Waals surface area contributed by atoms with E-state index in [-0.39, 0.29) is 12.5 Å². The van der Waals surface area contributed by atoms with E-state index in [0.717, 1.165) is 38.5 Å². The van der Waals surface area contributed by atoms with Crippen LogP contribution in [0.2, 0.25) is 0 Å². The highest BCUT2D eigenvalue weighted by Gasteiger charge is 2.44. The van der Waals surface area contributed by atoms with Crippen LogP contribution in [0, 0.1) is 0 Å². The van der Waals surface area contributed by atoms with Crippen LogP contribution in [0.15, 0.2) is 24.3 Å². The maximum absolute atomic E-state index is 13.1. The van der Waals surface area contributed by atoms with Crippen molar-refractivity contribution in [2.45, 2.75) is 384 Å². The van der Waals surface area contributed by atoms with Gasteiger partial charge in [0.2, 0.25) is 5.91 Å². The third-order valence-electron chi connectivity index (χ3n) is 16.3. The van der Waals surface area contributed by atoms with E-state index in [2.05, 4.69) is 31.3 Å². The summed E-state index contributed by atoms with van der Waals surface area (Å²) in [4.78, 5) is 13.1. The lowest BCUT2D eigenvalue weighted by atomic mass is 9.99. The molecule has 1 aliphatic rings. The number of allylic oxidation sites excluding steroid dienone is 3. The Hall–Kier alpha value is -1.33. The van der Waals surface area contributed by atoms with Crippen molar-refractivity contribution in [3.05, 3.63) is 24.3 Å². The Morgan fingerprint density at radius 2 is 0.737 bits per heavy atom. The zero-order valence-corrected chi connectivity index (χ0v) is 50.3. The number of unbranched alkanes of at least 4 members (excludes halogenated alkanes) is 47. The first-order valence-electron chi connectivity index (χ1n) is 33.6. The van der Waals surface area contributed by atoms with Gasteiger partial charge in [0, 0.05) is 6.42 Å². The quantitative estimate of drug-likeness (QED) is 0.0261. The molecule has 1 aliphatic heterocycles. The minimum Gasteiger partial charge on any atom is -0.394 e. The summed E-state index contributed by atoms with van der Waals surface area (Å²) < 4.78 is 11.3. The van der Waals surface area contributed by atoms with Crippen molar-refractivity contribution < 1.29 is 39.8 Å². The predicted octanol–water partition coefficient (Wildman–Crippen LogP) is 17.7. The average molecular weight is 1080 g/mol. The number of carbonyl (C=O) groups is 1. The molecule has 7 atom stereocenters. The molecule has 1 rings (SSSR count). The van der Waals surface area contributed by atoms with Crippen LogP contribution in [-0.2, 0) is 14.3 Å². The Bertz CT molecular complexity index is 1250. The molecule has 0 aliphatic carbocycles.